The molecule has 0 saturated heterocycles. The minimum atomic E-state index is 0.309. The van der Waals surface area contributed by atoms with Gasteiger partial charge >= 0.3 is 0 Å². The van der Waals surface area contributed by atoms with Gasteiger partial charge in [0.25, 0.3) is 0 Å². The molecule has 3 atom stereocenters. The van der Waals surface area contributed by atoms with E-state index in [1.165, 1.54) is 25.7 Å². The van der Waals surface area contributed by atoms with E-state index in [0.29, 0.717) is 17.2 Å². The number of allylic oxidation sites excluding steroid dienone is 2. The highest BCUT2D eigenvalue weighted by Gasteiger charge is 2.54. The van der Waals surface area contributed by atoms with E-state index in [4.69, 9.17) is 0 Å². The highest BCUT2D eigenvalue weighted by atomic mass is 16.2. The molecule has 0 aromatic heterocycles. The third kappa shape index (κ3) is 2.34. The number of rotatable bonds is 4. The normalized spacial score (nSPS) is 39.1. The van der Waals surface area contributed by atoms with Crippen molar-refractivity contribution in [3.8, 4) is 0 Å². The van der Waals surface area contributed by atoms with Gasteiger partial charge in [-0.15, -0.1) is 0 Å². The van der Waals surface area contributed by atoms with Crippen LogP contribution in [0.2, 0.25) is 0 Å². The summed E-state index contributed by atoms with van der Waals surface area (Å²) in [4.78, 5) is 11.6. The summed E-state index contributed by atoms with van der Waals surface area (Å²) in [6.45, 7) is 5.60. The van der Waals surface area contributed by atoms with Crippen molar-refractivity contribution in [2.45, 2.75) is 52.4 Å². The van der Waals surface area contributed by atoms with Crippen LogP contribution in [0.25, 0.3) is 0 Å². The van der Waals surface area contributed by atoms with Crippen molar-refractivity contribution in [2.75, 3.05) is 6.54 Å². The molecule has 2 saturated carbocycles. The summed E-state index contributed by atoms with van der Waals surface area (Å²) in [5, 5.41) is 3.16. The summed E-state index contributed by atoms with van der Waals surface area (Å²) >= 11 is 0. The average Bonchev–Trinajstić information content (AvgIpc) is 3.23. The predicted octanol–water partition coefficient (Wildman–Crippen LogP) is 3.29. The Morgan fingerprint density at radius 3 is 2.83 bits per heavy atom. The van der Waals surface area contributed by atoms with Gasteiger partial charge in [0, 0.05) is 12.5 Å². The maximum absolute atomic E-state index is 11.6. The first-order valence-electron chi connectivity index (χ1n) is 7.53. The molecule has 3 rings (SSSR count). The molecule has 0 heterocycles. The van der Waals surface area contributed by atoms with Gasteiger partial charge in [0.1, 0.15) is 0 Å². The summed E-state index contributed by atoms with van der Waals surface area (Å²) < 4.78 is 0. The Morgan fingerprint density at radius 2 is 2.22 bits per heavy atom. The first kappa shape index (κ1) is 12.3. The van der Waals surface area contributed by atoms with Gasteiger partial charge in [-0.3, -0.25) is 4.79 Å². The van der Waals surface area contributed by atoms with Gasteiger partial charge in [-0.1, -0.05) is 18.6 Å². The minimum Gasteiger partial charge on any atom is -0.356 e. The number of amides is 1. The maximum atomic E-state index is 11.6. The molecule has 0 aliphatic heterocycles. The van der Waals surface area contributed by atoms with Crippen LogP contribution < -0.4 is 5.32 Å². The molecule has 0 bridgehead atoms. The first-order valence-corrected chi connectivity index (χ1v) is 7.53. The SMILES string of the molecule is CC1=CCC(C2(C)CC2CNC(=O)C2CC2)CC1. The van der Waals surface area contributed by atoms with E-state index in [0.717, 1.165) is 31.2 Å². The van der Waals surface area contributed by atoms with Crippen molar-refractivity contribution in [3.05, 3.63) is 11.6 Å². The van der Waals surface area contributed by atoms with Gasteiger partial charge in [-0.25, -0.2) is 0 Å². The van der Waals surface area contributed by atoms with Crippen LogP contribution >= 0.6 is 0 Å². The summed E-state index contributed by atoms with van der Waals surface area (Å²) in [5.41, 5.74) is 2.07. The van der Waals surface area contributed by atoms with Gasteiger partial charge < -0.3 is 5.32 Å². The number of carbonyl (C=O) groups is 1. The molecule has 100 valence electrons. The Hall–Kier alpha value is -0.790. The largest absolute Gasteiger partial charge is 0.356 e. The van der Waals surface area contributed by atoms with E-state index in [2.05, 4.69) is 25.2 Å². The van der Waals surface area contributed by atoms with Gasteiger partial charge in [0.05, 0.1) is 0 Å². The van der Waals surface area contributed by atoms with Crippen LogP contribution in [0, 0.1) is 23.2 Å². The van der Waals surface area contributed by atoms with Crippen LogP contribution in [0.1, 0.15) is 52.4 Å². The lowest BCUT2D eigenvalue weighted by Gasteiger charge is -2.27. The fourth-order valence-electron chi connectivity index (χ4n) is 3.56. The fourth-order valence-corrected chi connectivity index (χ4v) is 3.56. The molecule has 2 nitrogen and oxygen atoms in total. The lowest BCUT2D eigenvalue weighted by atomic mass is 9.78. The molecular formula is C16H25NO. The Kier molecular flexibility index (Phi) is 2.99. The molecule has 1 amide bonds. The quantitative estimate of drug-likeness (QED) is 0.759. The zero-order valence-electron chi connectivity index (χ0n) is 11.7. The van der Waals surface area contributed by atoms with E-state index < -0.39 is 0 Å². The Labute approximate surface area is 110 Å². The topological polar surface area (TPSA) is 29.1 Å². The molecule has 0 radical (unpaired) electrons. The summed E-state index contributed by atoms with van der Waals surface area (Å²) in [7, 11) is 0. The van der Waals surface area contributed by atoms with Crippen LogP contribution in [0.3, 0.4) is 0 Å². The van der Waals surface area contributed by atoms with Gasteiger partial charge in [-0.05, 0) is 62.7 Å². The third-order valence-electron chi connectivity index (χ3n) is 5.50. The first-order chi connectivity index (χ1) is 8.59. The lowest BCUT2D eigenvalue weighted by molar-refractivity contribution is -0.122. The highest BCUT2D eigenvalue weighted by molar-refractivity contribution is 5.80. The minimum absolute atomic E-state index is 0.309. The zero-order chi connectivity index (χ0) is 12.8. The molecule has 3 aliphatic carbocycles. The standard InChI is InChI=1S/C16H25NO/c1-11-3-7-13(8-4-11)16(2)9-14(16)10-17-15(18)12-5-6-12/h3,12-14H,4-10H2,1-2H3,(H,17,18). The van der Waals surface area contributed by atoms with Crippen LogP contribution in [-0.4, -0.2) is 12.5 Å². The zero-order valence-corrected chi connectivity index (χ0v) is 11.7. The molecule has 0 aromatic rings. The van der Waals surface area contributed by atoms with Crippen molar-refractivity contribution in [1.82, 2.24) is 5.32 Å². The Bertz CT molecular complexity index is 383. The average molecular weight is 247 g/mol. The second-order valence-electron chi connectivity index (χ2n) is 6.95. The highest BCUT2D eigenvalue weighted by Crippen LogP contribution is 2.60. The Balaban J connectivity index is 1.47. The second-order valence-corrected chi connectivity index (χ2v) is 6.95. The number of nitrogens with one attached hydrogen (secondary N) is 1. The Morgan fingerprint density at radius 1 is 1.44 bits per heavy atom. The number of hydrogen-bond acceptors (Lipinski definition) is 1. The fraction of sp³-hybridized carbons (Fsp3) is 0.812. The predicted molar refractivity (Wildman–Crippen MR) is 73.0 cm³/mol. The van der Waals surface area contributed by atoms with Crippen molar-refractivity contribution in [3.63, 3.8) is 0 Å². The van der Waals surface area contributed by atoms with Crippen molar-refractivity contribution in [1.29, 1.82) is 0 Å². The van der Waals surface area contributed by atoms with Crippen LogP contribution in [-0.2, 0) is 4.79 Å². The van der Waals surface area contributed by atoms with Gasteiger partial charge in [0.15, 0.2) is 0 Å². The van der Waals surface area contributed by atoms with E-state index in [-0.39, 0.29) is 0 Å². The molecule has 3 unspecified atom stereocenters. The molecule has 18 heavy (non-hydrogen) atoms. The van der Waals surface area contributed by atoms with Crippen molar-refractivity contribution >= 4 is 5.91 Å². The second kappa shape index (κ2) is 4.40. The van der Waals surface area contributed by atoms with E-state index >= 15 is 0 Å². The van der Waals surface area contributed by atoms with E-state index in [1.54, 1.807) is 5.57 Å². The molecular weight excluding hydrogens is 222 g/mol. The summed E-state index contributed by atoms with van der Waals surface area (Å²) in [6.07, 6.45) is 9.86. The monoisotopic (exact) mass is 247 g/mol. The summed E-state index contributed by atoms with van der Waals surface area (Å²) in [6, 6.07) is 0. The number of carbonyl (C=O) groups excluding carboxylic acids is 1. The van der Waals surface area contributed by atoms with Gasteiger partial charge in [-0.2, -0.15) is 0 Å². The molecule has 0 aromatic carbocycles. The van der Waals surface area contributed by atoms with Crippen molar-refractivity contribution in [2.24, 2.45) is 23.2 Å². The molecule has 0 spiro atoms. The molecule has 2 heteroatoms. The number of hydrogen-bond donors (Lipinski definition) is 1. The van der Waals surface area contributed by atoms with Crippen LogP contribution in [0.15, 0.2) is 11.6 Å². The van der Waals surface area contributed by atoms with Crippen molar-refractivity contribution < 1.29 is 4.79 Å². The maximum Gasteiger partial charge on any atom is 0.223 e. The molecule has 3 aliphatic rings. The summed E-state index contributed by atoms with van der Waals surface area (Å²) in [5.74, 6) is 2.25. The van der Waals surface area contributed by atoms with Crippen LogP contribution in [0.5, 0.6) is 0 Å². The van der Waals surface area contributed by atoms with E-state index in [1.807, 2.05) is 0 Å². The van der Waals surface area contributed by atoms with E-state index in [9.17, 15) is 4.79 Å². The van der Waals surface area contributed by atoms with Crippen LogP contribution in [0.4, 0.5) is 0 Å². The molecule has 2 fully saturated rings. The smallest absolute Gasteiger partial charge is 0.223 e. The lowest BCUT2D eigenvalue weighted by Crippen LogP contribution is -2.29. The molecule has 1 N–H and O–H groups in total. The van der Waals surface area contributed by atoms with Gasteiger partial charge in [0.2, 0.25) is 5.91 Å². The third-order valence-corrected chi connectivity index (χ3v) is 5.50.